The van der Waals surface area contributed by atoms with Gasteiger partial charge in [-0.05, 0) is 12.0 Å². The van der Waals surface area contributed by atoms with Gasteiger partial charge in [-0.2, -0.15) is 0 Å². The van der Waals surface area contributed by atoms with E-state index in [4.69, 9.17) is 17.3 Å². The average Bonchev–Trinajstić information content (AvgIpc) is 2.44. The quantitative estimate of drug-likeness (QED) is 0.726. The van der Waals surface area contributed by atoms with E-state index in [-0.39, 0.29) is 23.5 Å². The van der Waals surface area contributed by atoms with Crippen LogP contribution >= 0.6 is 11.6 Å². The van der Waals surface area contributed by atoms with E-state index in [2.05, 4.69) is 15.3 Å². The summed E-state index contributed by atoms with van der Waals surface area (Å²) in [7, 11) is 0. The van der Waals surface area contributed by atoms with Crippen LogP contribution in [0.1, 0.15) is 5.56 Å². The summed E-state index contributed by atoms with van der Waals surface area (Å²) in [6, 6.07) is 9.68. The van der Waals surface area contributed by atoms with Crippen LogP contribution in [0.3, 0.4) is 0 Å². The van der Waals surface area contributed by atoms with Crippen LogP contribution in [0.25, 0.3) is 0 Å². The number of hydrogen-bond donors (Lipinski definition) is 3. The summed E-state index contributed by atoms with van der Waals surface area (Å²) in [5.74, 6) is 0.440. The van der Waals surface area contributed by atoms with Crippen LogP contribution in [-0.2, 0) is 6.42 Å². The molecule has 6 heteroatoms. The Bertz CT molecular complexity index is 535. The molecule has 0 bridgehead atoms. The Labute approximate surface area is 116 Å². The van der Waals surface area contributed by atoms with Gasteiger partial charge in [0, 0.05) is 0 Å². The Kier molecular flexibility index (Phi) is 4.54. The summed E-state index contributed by atoms with van der Waals surface area (Å²) in [4.78, 5) is 7.81. The number of rotatable bonds is 5. The van der Waals surface area contributed by atoms with E-state index >= 15 is 0 Å². The fourth-order valence-electron chi connectivity index (χ4n) is 1.74. The summed E-state index contributed by atoms with van der Waals surface area (Å²) in [5.41, 5.74) is 7.18. The highest BCUT2D eigenvalue weighted by Gasteiger charge is 2.12. The first kappa shape index (κ1) is 13.6. The van der Waals surface area contributed by atoms with Crippen molar-refractivity contribution in [3.63, 3.8) is 0 Å². The molecule has 1 unspecified atom stereocenters. The number of nitrogen functional groups attached to an aromatic ring is 1. The Morgan fingerprint density at radius 3 is 2.68 bits per heavy atom. The van der Waals surface area contributed by atoms with Crippen molar-refractivity contribution in [1.29, 1.82) is 0 Å². The van der Waals surface area contributed by atoms with Gasteiger partial charge in [0.05, 0.1) is 12.6 Å². The maximum atomic E-state index is 9.43. The Morgan fingerprint density at radius 2 is 2.00 bits per heavy atom. The molecule has 0 amide bonds. The number of halogens is 1. The van der Waals surface area contributed by atoms with Crippen LogP contribution in [0.4, 0.5) is 11.5 Å². The first-order valence-electron chi connectivity index (χ1n) is 5.88. The first-order chi connectivity index (χ1) is 9.20. The summed E-state index contributed by atoms with van der Waals surface area (Å²) >= 11 is 5.82. The second-order valence-corrected chi connectivity index (χ2v) is 4.50. The van der Waals surface area contributed by atoms with Gasteiger partial charge in [-0.3, -0.25) is 0 Å². The van der Waals surface area contributed by atoms with E-state index in [1.165, 1.54) is 6.33 Å². The summed E-state index contributed by atoms with van der Waals surface area (Å²) in [6.45, 7) is -0.0318. The van der Waals surface area contributed by atoms with Crippen molar-refractivity contribution >= 4 is 23.1 Å². The molecule has 2 aromatic rings. The molecule has 0 aliphatic rings. The van der Waals surface area contributed by atoms with E-state index in [0.717, 1.165) is 5.56 Å². The standard InChI is InChI=1S/C13H15ClN4O/c14-12-11(15)13(17-8-16-12)18-10(7-19)6-9-4-2-1-3-5-9/h1-5,8,10,19H,6-7,15H2,(H,16,17,18). The second kappa shape index (κ2) is 6.36. The van der Waals surface area contributed by atoms with Gasteiger partial charge in [0.2, 0.25) is 0 Å². The molecule has 4 N–H and O–H groups in total. The molecule has 1 aromatic heterocycles. The number of benzene rings is 1. The largest absolute Gasteiger partial charge is 0.394 e. The molecule has 2 rings (SSSR count). The topological polar surface area (TPSA) is 84.1 Å². The Morgan fingerprint density at radius 1 is 1.26 bits per heavy atom. The maximum absolute atomic E-state index is 9.43. The monoisotopic (exact) mass is 278 g/mol. The SMILES string of the molecule is Nc1c(Cl)ncnc1NC(CO)Cc1ccccc1. The van der Waals surface area contributed by atoms with Crippen molar-refractivity contribution in [2.75, 3.05) is 17.7 Å². The summed E-state index contributed by atoms with van der Waals surface area (Å²) in [5, 5.41) is 12.7. The summed E-state index contributed by atoms with van der Waals surface area (Å²) in [6.07, 6.45) is 2.00. The fourth-order valence-corrected chi connectivity index (χ4v) is 1.88. The lowest BCUT2D eigenvalue weighted by Crippen LogP contribution is -2.27. The molecule has 0 saturated heterocycles. The van der Waals surface area contributed by atoms with E-state index in [9.17, 15) is 5.11 Å². The van der Waals surface area contributed by atoms with Crippen LogP contribution in [0, 0.1) is 0 Å². The number of nitrogens with zero attached hydrogens (tertiary/aromatic N) is 2. The maximum Gasteiger partial charge on any atom is 0.157 e. The molecule has 0 spiro atoms. The molecule has 0 radical (unpaired) electrons. The zero-order chi connectivity index (χ0) is 13.7. The lowest BCUT2D eigenvalue weighted by atomic mass is 10.1. The van der Waals surface area contributed by atoms with Crippen LogP contribution in [0.15, 0.2) is 36.7 Å². The number of aliphatic hydroxyl groups excluding tert-OH is 1. The number of aromatic nitrogens is 2. The highest BCUT2D eigenvalue weighted by Crippen LogP contribution is 2.22. The minimum atomic E-state index is -0.185. The molecule has 100 valence electrons. The average molecular weight is 279 g/mol. The molecule has 0 fully saturated rings. The second-order valence-electron chi connectivity index (χ2n) is 4.14. The van der Waals surface area contributed by atoms with Gasteiger partial charge in [-0.15, -0.1) is 0 Å². The highest BCUT2D eigenvalue weighted by molar-refractivity contribution is 6.32. The molecule has 1 atom stereocenters. The Balaban J connectivity index is 2.09. The zero-order valence-corrected chi connectivity index (χ0v) is 11.0. The summed E-state index contributed by atoms with van der Waals surface area (Å²) < 4.78 is 0. The molecule has 0 aliphatic carbocycles. The van der Waals surface area contributed by atoms with Gasteiger partial charge in [0.1, 0.15) is 12.0 Å². The third kappa shape index (κ3) is 3.56. The van der Waals surface area contributed by atoms with Crippen molar-refractivity contribution in [2.24, 2.45) is 0 Å². The van der Waals surface area contributed by atoms with Crippen LogP contribution in [-0.4, -0.2) is 27.7 Å². The molecule has 19 heavy (non-hydrogen) atoms. The van der Waals surface area contributed by atoms with Crippen molar-refractivity contribution in [2.45, 2.75) is 12.5 Å². The zero-order valence-electron chi connectivity index (χ0n) is 10.3. The fraction of sp³-hybridized carbons (Fsp3) is 0.231. The van der Waals surface area contributed by atoms with Gasteiger partial charge < -0.3 is 16.2 Å². The smallest absolute Gasteiger partial charge is 0.157 e. The van der Waals surface area contributed by atoms with Gasteiger partial charge in [-0.1, -0.05) is 41.9 Å². The van der Waals surface area contributed by atoms with Crippen molar-refractivity contribution in [1.82, 2.24) is 9.97 Å². The normalized spacial score (nSPS) is 12.1. The molecule has 0 aliphatic heterocycles. The molecule has 0 saturated carbocycles. The van der Waals surface area contributed by atoms with Crippen molar-refractivity contribution in [3.05, 3.63) is 47.4 Å². The van der Waals surface area contributed by atoms with Gasteiger partial charge in [-0.25, -0.2) is 9.97 Å². The van der Waals surface area contributed by atoms with Crippen LogP contribution in [0.2, 0.25) is 5.15 Å². The van der Waals surface area contributed by atoms with Crippen molar-refractivity contribution < 1.29 is 5.11 Å². The minimum Gasteiger partial charge on any atom is -0.394 e. The number of anilines is 2. The van der Waals surface area contributed by atoms with Gasteiger partial charge in [0.15, 0.2) is 11.0 Å². The number of hydrogen-bond acceptors (Lipinski definition) is 5. The molecule has 5 nitrogen and oxygen atoms in total. The third-order valence-corrected chi connectivity index (χ3v) is 3.02. The van der Waals surface area contributed by atoms with Crippen LogP contribution in [0.5, 0.6) is 0 Å². The minimum absolute atomic E-state index is 0.0318. The predicted molar refractivity (Wildman–Crippen MR) is 76.1 cm³/mol. The molecule has 1 aromatic carbocycles. The van der Waals surface area contributed by atoms with Gasteiger partial charge in [0.25, 0.3) is 0 Å². The van der Waals surface area contributed by atoms with E-state index < -0.39 is 0 Å². The Hall–Kier alpha value is -1.85. The van der Waals surface area contributed by atoms with Crippen molar-refractivity contribution in [3.8, 4) is 0 Å². The third-order valence-electron chi connectivity index (χ3n) is 2.72. The van der Waals surface area contributed by atoms with E-state index in [0.29, 0.717) is 12.2 Å². The lowest BCUT2D eigenvalue weighted by molar-refractivity contribution is 0.273. The number of aliphatic hydroxyl groups is 1. The highest BCUT2D eigenvalue weighted by atomic mass is 35.5. The lowest BCUT2D eigenvalue weighted by Gasteiger charge is -2.18. The molecule has 1 heterocycles. The van der Waals surface area contributed by atoms with Crippen LogP contribution < -0.4 is 11.1 Å². The predicted octanol–water partition coefficient (Wildman–Crippen LogP) is 1.73. The molecular weight excluding hydrogens is 264 g/mol. The van der Waals surface area contributed by atoms with E-state index in [1.807, 2.05) is 30.3 Å². The van der Waals surface area contributed by atoms with E-state index in [1.54, 1.807) is 0 Å². The van der Waals surface area contributed by atoms with Gasteiger partial charge >= 0.3 is 0 Å². The first-order valence-corrected chi connectivity index (χ1v) is 6.25. The molecular formula is C13H15ClN4O. The number of nitrogens with two attached hydrogens (primary N) is 1. The number of nitrogens with one attached hydrogen (secondary N) is 1.